The topological polar surface area (TPSA) is 66.0 Å². The molecule has 26 heavy (non-hydrogen) atoms. The minimum absolute atomic E-state index is 0.281. The molecule has 1 saturated carbocycles. The Morgan fingerprint density at radius 3 is 2.92 bits per heavy atom. The van der Waals surface area contributed by atoms with Gasteiger partial charge in [0.05, 0.1) is 13.2 Å². The van der Waals surface area contributed by atoms with E-state index in [-0.39, 0.29) is 5.92 Å². The second-order valence-electron chi connectivity index (χ2n) is 7.59. The van der Waals surface area contributed by atoms with Crippen molar-refractivity contribution in [3.8, 4) is 0 Å². The van der Waals surface area contributed by atoms with Crippen molar-refractivity contribution >= 4 is 11.9 Å². The molecule has 1 aliphatic carbocycles. The van der Waals surface area contributed by atoms with Gasteiger partial charge >= 0.3 is 0 Å². The van der Waals surface area contributed by atoms with Crippen molar-refractivity contribution in [2.24, 2.45) is 10.9 Å². The van der Waals surface area contributed by atoms with Crippen molar-refractivity contribution in [2.45, 2.75) is 57.9 Å². The summed E-state index contributed by atoms with van der Waals surface area (Å²) in [7, 11) is 0. The van der Waals surface area contributed by atoms with Crippen LogP contribution < -0.4 is 10.6 Å². The van der Waals surface area contributed by atoms with Crippen LogP contribution in [0.3, 0.4) is 0 Å². The summed E-state index contributed by atoms with van der Waals surface area (Å²) in [4.78, 5) is 19.4. The number of rotatable bonds is 6. The number of nitrogens with zero attached hydrogens (tertiary/aromatic N) is 2. The van der Waals surface area contributed by atoms with Gasteiger partial charge in [-0.2, -0.15) is 0 Å². The molecule has 3 rings (SSSR count). The average molecular weight is 363 g/mol. The lowest BCUT2D eigenvalue weighted by Gasteiger charge is -2.21. The summed E-state index contributed by atoms with van der Waals surface area (Å²) in [5, 5.41) is 6.87. The van der Waals surface area contributed by atoms with Gasteiger partial charge in [0.15, 0.2) is 5.96 Å². The number of likely N-dealkylation sites (tertiary alicyclic amines) is 1. The molecule has 2 aliphatic heterocycles. The monoisotopic (exact) mass is 362 g/mol. The lowest BCUT2D eigenvalue weighted by molar-refractivity contribution is -0.134. The maximum atomic E-state index is 12.6. The molecule has 0 radical (unpaired) electrons. The van der Waals surface area contributed by atoms with Crippen molar-refractivity contribution in [1.29, 1.82) is 0 Å². The number of carbonyl (C=O) groups excluding carboxylic acids is 1. The number of hydrogen-bond donors (Lipinski definition) is 2. The Balaban J connectivity index is 1.45. The molecule has 0 aromatic rings. The smallest absolute Gasteiger partial charge is 0.225 e. The highest BCUT2D eigenvalue weighted by atomic mass is 16.5. The quantitative estimate of drug-likeness (QED) is 0.431. The Morgan fingerprint density at radius 2 is 2.19 bits per heavy atom. The molecule has 0 bridgehead atoms. The van der Waals surface area contributed by atoms with Crippen LogP contribution in [0.5, 0.6) is 0 Å². The molecule has 6 heteroatoms. The first kappa shape index (κ1) is 19.2. The van der Waals surface area contributed by atoms with E-state index in [9.17, 15) is 4.79 Å². The zero-order valence-electron chi connectivity index (χ0n) is 16.1. The van der Waals surface area contributed by atoms with Gasteiger partial charge in [-0.1, -0.05) is 24.5 Å². The van der Waals surface area contributed by atoms with Crippen LogP contribution in [0.15, 0.2) is 16.6 Å². The maximum absolute atomic E-state index is 12.6. The summed E-state index contributed by atoms with van der Waals surface area (Å²) in [6.07, 6.45) is 9.81. The Labute approximate surface area is 157 Å². The highest BCUT2D eigenvalue weighted by Gasteiger charge is 2.32. The fraction of sp³-hybridized carbons (Fsp3) is 0.800. The van der Waals surface area contributed by atoms with Gasteiger partial charge in [-0.25, -0.2) is 0 Å². The van der Waals surface area contributed by atoms with Crippen LogP contribution in [0.4, 0.5) is 0 Å². The Bertz CT molecular complexity index is 526. The molecule has 1 atom stereocenters. The van der Waals surface area contributed by atoms with Crippen LogP contribution in [0.1, 0.15) is 51.9 Å². The first-order chi connectivity index (χ1) is 12.8. The highest BCUT2D eigenvalue weighted by Crippen LogP contribution is 2.27. The van der Waals surface area contributed by atoms with Gasteiger partial charge in [0.25, 0.3) is 0 Å². The van der Waals surface area contributed by atoms with E-state index in [1.54, 1.807) is 0 Å². The van der Waals surface area contributed by atoms with Crippen LogP contribution in [0, 0.1) is 5.92 Å². The van der Waals surface area contributed by atoms with E-state index in [1.165, 1.54) is 18.4 Å². The van der Waals surface area contributed by atoms with Crippen molar-refractivity contribution in [3.63, 3.8) is 0 Å². The van der Waals surface area contributed by atoms with E-state index in [0.29, 0.717) is 11.9 Å². The lowest BCUT2D eigenvalue weighted by Crippen LogP contribution is -2.45. The fourth-order valence-corrected chi connectivity index (χ4v) is 4.13. The summed E-state index contributed by atoms with van der Waals surface area (Å²) < 4.78 is 5.35. The first-order valence-electron chi connectivity index (χ1n) is 10.4. The number of ether oxygens (including phenoxy) is 1. The molecule has 1 unspecified atom stereocenters. The number of carbonyl (C=O) groups is 1. The van der Waals surface area contributed by atoms with E-state index in [0.717, 1.165) is 77.5 Å². The average Bonchev–Trinajstić information content (AvgIpc) is 3.34. The molecule has 0 aromatic heterocycles. The highest BCUT2D eigenvalue weighted by molar-refractivity contribution is 5.81. The van der Waals surface area contributed by atoms with Gasteiger partial charge in [0, 0.05) is 38.1 Å². The summed E-state index contributed by atoms with van der Waals surface area (Å²) in [5.41, 5.74) is 1.45. The van der Waals surface area contributed by atoms with E-state index in [4.69, 9.17) is 9.73 Å². The van der Waals surface area contributed by atoms with E-state index >= 15 is 0 Å². The normalized spacial score (nSPS) is 24.7. The lowest BCUT2D eigenvalue weighted by atomic mass is 10.1. The minimum atomic E-state index is 0.281. The molecule has 2 fully saturated rings. The maximum Gasteiger partial charge on any atom is 0.225 e. The predicted octanol–water partition coefficient (Wildman–Crippen LogP) is 2.07. The zero-order valence-corrected chi connectivity index (χ0v) is 16.1. The Morgan fingerprint density at radius 1 is 1.35 bits per heavy atom. The van der Waals surface area contributed by atoms with Crippen molar-refractivity contribution in [2.75, 3.05) is 39.4 Å². The molecule has 3 aliphatic rings. The third-order valence-corrected chi connectivity index (χ3v) is 5.65. The largest absolute Gasteiger partial charge is 0.377 e. The molecular formula is C20H34N4O2. The van der Waals surface area contributed by atoms with Gasteiger partial charge in [0.2, 0.25) is 5.91 Å². The zero-order chi connectivity index (χ0) is 18.2. The van der Waals surface area contributed by atoms with Crippen LogP contribution in [-0.2, 0) is 9.53 Å². The van der Waals surface area contributed by atoms with Crippen molar-refractivity contribution in [1.82, 2.24) is 15.5 Å². The third kappa shape index (κ3) is 5.47. The first-order valence-corrected chi connectivity index (χ1v) is 10.4. The van der Waals surface area contributed by atoms with Gasteiger partial charge < -0.3 is 20.3 Å². The summed E-state index contributed by atoms with van der Waals surface area (Å²) in [5.74, 6) is 1.53. The molecule has 2 N–H and O–H groups in total. The number of nitrogens with one attached hydrogen (secondary N) is 2. The van der Waals surface area contributed by atoms with Crippen LogP contribution in [0.25, 0.3) is 0 Å². The Hall–Kier alpha value is -1.56. The van der Waals surface area contributed by atoms with Crippen LogP contribution in [0.2, 0.25) is 0 Å². The fourth-order valence-electron chi connectivity index (χ4n) is 4.13. The molecule has 6 nitrogen and oxygen atoms in total. The van der Waals surface area contributed by atoms with E-state index in [1.807, 2.05) is 0 Å². The minimum Gasteiger partial charge on any atom is -0.377 e. The third-order valence-electron chi connectivity index (χ3n) is 5.65. The van der Waals surface area contributed by atoms with Crippen LogP contribution >= 0.6 is 0 Å². The Kier molecular flexibility index (Phi) is 7.35. The molecule has 0 spiro atoms. The van der Waals surface area contributed by atoms with Crippen molar-refractivity contribution in [3.05, 3.63) is 11.6 Å². The summed E-state index contributed by atoms with van der Waals surface area (Å²) in [6.45, 7) is 6.98. The molecule has 1 saturated heterocycles. The van der Waals surface area contributed by atoms with Gasteiger partial charge in [-0.3, -0.25) is 9.79 Å². The summed E-state index contributed by atoms with van der Waals surface area (Å²) >= 11 is 0. The predicted molar refractivity (Wildman–Crippen MR) is 104 cm³/mol. The summed E-state index contributed by atoms with van der Waals surface area (Å²) in [6, 6.07) is 0.306. The number of amides is 1. The van der Waals surface area contributed by atoms with Crippen molar-refractivity contribution < 1.29 is 9.53 Å². The molecule has 146 valence electrons. The van der Waals surface area contributed by atoms with E-state index < -0.39 is 0 Å². The molecule has 1 amide bonds. The molecule has 0 aromatic carbocycles. The second-order valence-corrected chi connectivity index (χ2v) is 7.59. The SMILES string of the molecule is CCNC(=NCCC1=CCOCC1)NC1CCN(C(=O)C2CCCC2)C1. The number of guanidine groups is 1. The molecular weight excluding hydrogens is 328 g/mol. The van der Waals surface area contributed by atoms with Gasteiger partial charge in [0.1, 0.15) is 0 Å². The van der Waals surface area contributed by atoms with Gasteiger partial charge in [-0.05, 0) is 39.0 Å². The number of aliphatic imine (C=N–C) groups is 1. The number of hydrogen-bond acceptors (Lipinski definition) is 3. The van der Waals surface area contributed by atoms with Gasteiger partial charge in [-0.15, -0.1) is 0 Å². The van der Waals surface area contributed by atoms with Crippen LogP contribution in [-0.4, -0.2) is 62.2 Å². The standard InChI is InChI=1S/C20H34N4O2/c1-2-21-20(22-11-7-16-9-13-26-14-10-16)23-18-8-12-24(15-18)19(25)17-5-3-4-6-17/h9,17-18H,2-8,10-15H2,1H3,(H2,21,22,23). The molecule has 2 heterocycles. The second kappa shape index (κ2) is 9.95. The van der Waals surface area contributed by atoms with E-state index in [2.05, 4.69) is 28.5 Å².